The van der Waals surface area contributed by atoms with Crippen molar-refractivity contribution >= 4 is 67.0 Å². The summed E-state index contributed by atoms with van der Waals surface area (Å²) in [6.45, 7) is 3.84. The quantitative estimate of drug-likeness (QED) is 0.151. The van der Waals surface area contributed by atoms with Crippen LogP contribution in [0.15, 0.2) is 90.2 Å². The molecule has 2 heterocycles. The first-order chi connectivity index (χ1) is 18.6. The van der Waals surface area contributed by atoms with Crippen LogP contribution in [0.3, 0.4) is 0 Å². The third kappa shape index (κ3) is 3.96. The topological polar surface area (TPSA) is 64.2 Å². The molecule has 7 heteroatoms. The molecule has 5 nitrogen and oxygen atoms in total. The molecule has 2 aromatic heterocycles. The van der Waals surface area contributed by atoms with Gasteiger partial charge < -0.3 is 13.6 Å². The van der Waals surface area contributed by atoms with Crippen LogP contribution in [0, 0.1) is 11.3 Å². The van der Waals surface area contributed by atoms with Crippen LogP contribution >= 0.6 is 18.9 Å². The molecule has 0 aliphatic carbocycles. The van der Waals surface area contributed by atoms with Gasteiger partial charge in [0, 0.05) is 36.6 Å². The zero-order valence-corrected chi connectivity index (χ0v) is 22.8. The minimum Gasteiger partial charge on any atom is -0.309 e. The van der Waals surface area contributed by atoms with Gasteiger partial charge in [-0.3, -0.25) is 4.57 Å². The van der Waals surface area contributed by atoms with Crippen molar-refractivity contribution in [3.63, 3.8) is 0 Å². The lowest BCUT2D eigenvalue weighted by Crippen LogP contribution is -1.98. The maximum Gasteiger partial charge on any atom is 0.371 e. The molecule has 0 saturated carbocycles. The summed E-state index contributed by atoms with van der Waals surface area (Å²) in [5.41, 5.74) is 4.02. The minimum absolute atomic E-state index is 0.00188. The van der Waals surface area contributed by atoms with Gasteiger partial charge in [-0.2, -0.15) is 5.26 Å². The first kappa shape index (κ1) is 24.6. The lowest BCUT2D eigenvalue weighted by molar-refractivity contribution is 0.227. The molecule has 0 radical (unpaired) electrons. The molecule has 4 aromatic carbocycles. The third-order valence-electron chi connectivity index (χ3n) is 6.64. The number of hydrogen-bond acceptors (Lipinski definition) is 5. The van der Waals surface area contributed by atoms with Crippen molar-refractivity contribution in [2.75, 3.05) is 13.2 Å². The maximum absolute atomic E-state index is 13.1. The van der Waals surface area contributed by atoms with E-state index in [0.717, 1.165) is 22.3 Å². The van der Waals surface area contributed by atoms with Crippen molar-refractivity contribution < 1.29 is 13.6 Å². The van der Waals surface area contributed by atoms with Crippen molar-refractivity contribution in [1.82, 2.24) is 4.57 Å². The zero-order chi connectivity index (χ0) is 26.3. The normalized spacial score (nSPS) is 12.6. The second-order valence-electron chi connectivity index (χ2n) is 8.85. The molecule has 6 rings (SSSR count). The van der Waals surface area contributed by atoms with E-state index in [-0.39, 0.29) is 18.5 Å². The van der Waals surface area contributed by atoms with E-state index in [1.807, 2.05) is 41.7 Å². The van der Waals surface area contributed by atoms with Gasteiger partial charge >= 0.3 is 7.60 Å². The molecule has 0 amide bonds. The van der Waals surface area contributed by atoms with Crippen LogP contribution in [0.1, 0.15) is 19.4 Å². The van der Waals surface area contributed by atoms with Crippen LogP contribution < -0.4 is 0 Å². The van der Waals surface area contributed by atoms with Crippen molar-refractivity contribution in [3.05, 3.63) is 95.8 Å². The third-order valence-corrected chi connectivity index (χ3v) is 9.86. The monoisotopic (exact) mass is 536 g/mol. The Morgan fingerprint density at radius 2 is 1.55 bits per heavy atom. The highest BCUT2D eigenvalue weighted by atomic mass is 32.1. The highest BCUT2D eigenvalue weighted by Gasteiger charge is 2.29. The summed E-state index contributed by atoms with van der Waals surface area (Å²) in [7, 11) is -3.66. The van der Waals surface area contributed by atoms with Crippen LogP contribution in [0.5, 0.6) is 0 Å². The van der Waals surface area contributed by atoms with Crippen LogP contribution in [0.4, 0.5) is 0 Å². The van der Waals surface area contributed by atoms with E-state index < -0.39 is 7.60 Å². The van der Waals surface area contributed by atoms with Crippen LogP contribution in [-0.4, -0.2) is 17.8 Å². The Bertz CT molecular complexity index is 1930. The Kier molecular flexibility index (Phi) is 6.39. The molecule has 6 aromatic rings. The average molecular weight is 537 g/mol. The number of fused-ring (bicyclic) bond motifs is 7. The number of nitriles is 1. The maximum atomic E-state index is 13.1. The Morgan fingerprint density at radius 3 is 2.26 bits per heavy atom. The van der Waals surface area contributed by atoms with Crippen molar-refractivity contribution in [2.45, 2.75) is 13.8 Å². The lowest BCUT2D eigenvalue weighted by atomic mass is 10.1. The van der Waals surface area contributed by atoms with E-state index >= 15 is 0 Å². The van der Waals surface area contributed by atoms with Gasteiger partial charge in [-0.05, 0) is 55.8 Å². The van der Waals surface area contributed by atoms with Gasteiger partial charge in [0.1, 0.15) is 11.4 Å². The smallest absolute Gasteiger partial charge is 0.309 e. The number of thiophene rings is 1. The van der Waals surface area contributed by atoms with E-state index in [2.05, 4.69) is 65.2 Å². The molecular weight excluding hydrogens is 511 g/mol. The molecule has 0 aliphatic rings. The average Bonchev–Trinajstić information content (AvgIpc) is 3.48. The fraction of sp³-hybridized carbons (Fsp3) is 0.129. The minimum atomic E-state index is -3.66. The Hall–Kier alpha value is -3.72. The van der Waals surface area contributed by atoms with E-state index in [0.29, 0.717) is 0 Å². The molecule has 0 atom stereocenters. The predicted molar refractivity (Wildman–Crippen MR) is 158 cm³/mol. The molecule has 0 bridgehead atoms. The highest BCUT2D eigenvalue weighted by molar-refractivity contribution is 7.59. The van der Waals surface area contributed by atoms with E-state index in [9.17, 15) is 9.83 Å². The summed E-state index contributed by atoms with van der Waals surface area (Å²) in [6.07, 6.45) is 1.59. The van der Waals surface area contributed by atoms with Gasteiger partial charge in [0.25, 0.3) is 0 Å². The van der Waals surface area contributed by atoms with Gasteiger partial charge in [0.05, 0.1) is 24.2 Å². The van der Waals surface area contributed by atoms with E-state index in [4.69, 9.17) is 9.05 Å². The number of nitrogens with zero attached hydrogens (tertiary/aromatic N) is 2. The van der Waals surface area contributed by atoms with E-state index in [1.165, 1.54) is 30.9 Å². The summed E-state index contributed by atoms with van der Waals surface area (Å²) < 4.78 is 28.7. The second-order valence-corrected chi connectivity index (χ2v) is 11.9. The van der Waals surface area contributed by atoms with Crippen LogP contribution in [0.25, 0.3) is 53.7 Å². The lowest BCUT2D eigenvalue weighted by Gasteiger charge is -2.15. The number of aromatic nitrogens is 1. The van der Waals surface area contributed by atoms with Crippen LogP contribution in [0.2, 0.25) is 0 Å². The van der Waals surface area contributed by atoms with Gasteiger partial charge in [0.2, 0.25) is 0 Å². The standard InChI is InChI=1S/C31H25N2O3PS/c1-3-35-37(34,36-4-2)23(20-32)19-21-13-15-22(16-14-21)33-27-11-7-5-10-26(27)30-28(33)18-17-25-24-9-6-8-12-29(24)38-31(25)30/h5-19H,3-4H2,1-2H3. The van der Waals surface area contributed by atoms with Gasteiger partial charge in [-0.15, -0.1) is 11.3 Å². The van der Waals surface area contributed by atoms with Gasteiger partial charge in [0.15, 0.2) is 0 Å². The fourth-order valence-electron chi connectivity index (χ4n) is 5.08. The van der Waals surface area contributed by atoms with Gasteiger partial charge in [-0.25, -0.2) is 0 Å². The van der Waals surface area contributed by atoms with E-state index in [1.54, 1.807) is 19.9 Å². The molecule has 0 unspecified atom stereocenters. The Labute approximate surface area is 224 Å². The number of rotatable bonds is 7. The van der Waals surface area contributed by atoms with Crippen LogP contribution in [-0.2, 0) is 13.6 Å². The number of para-hydroxylation sites is 1. The summed E-state index contributed by atoms with van der Waals surface area (Å²) >= 11 is 1.83. The first-order valence-electron chi connectivity index (χ1n) is 12.5. The number of allylic oxidation sites excluding steroid dienone is 1. The molecule has 0 N–H and O–H groups in total. The second kappa shape index (κ2) is 9.87. The van der Waals surface area contributed by atoms with Crippen molar-refractivity contribution in [2.24, 2.45) is 0 Å². The Morgan fingerprint density at radius 1 is 0.868 bits per heavy atom. The summed E-state index contributed by atoms with van der Waals surface area (Å²) in [5.74, 6) is 0. The fourth-order valence-corrected chi connectivity index (χ4v) is 7.80. The van der Waals surface area contributed by atoms with Crippen molar-refractivity contribution in [3.8, 4) is 11.8 Å². The van der Waals surface area contributed by atoms with Gasteiger partial charge in [-0.1, -0.05) is 54.6 Å². The number of benzene rings is 4. The number of hydrogen-bond donors (Lipinski definition) is 0. The SMILES string of the molecule is CCOP(=O)(OCC)C(C#N)=Cc1ccc(-n2c3ccccc3c3c4sc5ccccc5c4ccc32)cc1. The molecular formula is C31H25N2O3PS. The first-order valence-corrected chi connectivity index (χ1v) is 14.9. The molecule has 0 aliphatic heterocycles. The summed E-state index contributed by atoms with van der Waals surface area (Å²) in [5, 5.41) is 14.7. The summed E-state index contributed by atoms with van der Waals surface area (Å²) in [6, 6.07) is 31.4. The zero-order valence-electron chi connectivity index (χ0n) is 21.0. The summed E-state index contributed by atoms with van der Waals surface area (Å²) in [4.78, 5) is 0. The highest BCUT2D eigenvalue weighted by Crippen LogP contribution is 2.56. The molecule has 0 spiro atoms. The predicted octanol–water partition coefficient (Wildman–Crippen LogP) is 9.28. The largest absolute Gasteiger partial charge is 0.371 e. The molecule has 0 saturated heterocycles. The molecule has 38 heavy (non-hydrogen) atoms. The molecule has 188 valence electrons. The molecule has 0 fully saturated rings. The van der Waals surface area contributed by atoms with Crippen molar-refractivity contribution in [1.29, 1.82) is 5.26 Å². The Balaban J connectivity index is 1.51.